The maximum atomic E-state index is 12.8. The van der Waals surface area contributed by atoms with Crippen LogP contribution < -0.4 is 15.6 Å². The first-order valence-electron chi connectivity index (χ1n) is 9.36. The van der Waals surface area contributed by atoms with E-state index in [0.717, 1.165) is 50.9 Å². The molecule has 6 nitrogen and oxygen atoms in total. The molecule has 2 aromatic rings. The van der Waals surface area contributed by atoms with Crippen LogP contribution in [0.25, 0.3) is 11.0 Å². The van der Waals surface area contributed by atoms with Crippen LogP contribution in [0.2, 0.25) is 0 Å². The summed E-state index contributed by atoms with van der Waals surface area (Å²) in [6.07, 6.45) is 5.45. The van der Waals surface area contributed by atoms with Crippen molar-refractivity contribution in [2.24, 2.45) is 0 Å². The highest BCUT2D eigenvalue weighted by Crippen LogP contribution is 2.32. The molecular weight excluding hydrogens is 332 g/mol. The molecule has 138 valence electrons. The van der Waals surface area contributed by atoms with Gasteiger partial charge in [0.25, 0.3) is 0 Å². The molecule has 0 radical (unpaired) electrons. The van der Waals surface area contributed by atoms with Crippen LogP contribution in [0.15, 0.2) is 27.4 Å². The Morgan fingerprint density at radius 2 is 2.00 bits per heavy atom. The third-order valence-corrected chi connectivity index (χ3v) is 5.37. The molecule has 0 saturated carbocycles. The number of hydrogen-bond donors (Lipinski definition) is 1. The number of anilines is 1. The van der Waals surface area contributed by atoms with Gasteiger partial charge in [-0.05, 0) is 50.8 Å². The summed E-state index contributed by atoms with van der Waals surface area (Å²) in [6, 6.07) is 5.04. The van der Waals surface area contributed by atoms with Gasteiger partial charge in [-0.2, -0.15) is 0 Å². The second-order valence-electron chi connectivity index (χ2n) is 7.08. The van der Waals surface area contributed by atoms with Crippen molar-refractivity contribution >= 4 is 22.8 Å². The average molecular weight is 356 g/mol. The van der Waals surface area contributed by atoms with Gasteiger partial charge in [-0.15, -0.1) is 0 Å². The fourth-order valence-electron chi connectivity index (χ4n) is 3.99. The summed E-state index contributed by atoms with van der Waals surface area (Å²) in [5, 5.41) is 3.88. The molecule has 0 amide bonds. The summed E-state index contributed by atoms with van der Waals surface area (Å²) in [5.74, 6) is 0.193. The van der Waals surface area contributed by atoms with Crippen LogP contribution in [0.4, 0.5) is 5.88 Å². The van der Waals surface area contributed by atoms with Gasteiger partial charge in [0.05, 0.1) is 18.1 Å². The largest absolute Gasteiger partial charge is 0.465 e. The van der Waals surface area contributed by atoms with Crippen molar-refractivity contribution in [3.05, 3.63) is 39.5 Å². The third kappa shape index (κ3) is 3.09. The number of benzene rings is 1. The van der Waals surface area contributed by atoms with Crippen LogP contribution in [0.5, 0.6) is 0 Å². The number of ether oxygens (including phenoxy) is 1. The highest BCUT2D eigenvalue weighted by molar-refractivity contribution is 5.95. The first-order valence-corrected chi connectivity index (χ1v) is 9.36. The van der Waals surface area contributed by atoms with Crippen LogP contribution >= 0.6 is 0 Å². The smallest absolute Gasteiger partial charge is 0.337 e. The number of carbonyl (C=O) groups is 1. The molecular formula is C20H24N2O4. The van der Waals surface area contributed by atoms with E-state index in [-0.39, 0.29) is 11.5 Å². The van der Waals surface area contributed by atoms with Crippen LogP contribution in [0.1, 0.15) is 54.1 Å². The molecule has 2 aliphatic rings. The molecule has 0 spiro atoms. The Bertz CT molecular complexity index is 877. The van der Waals surface area contributed by atoms with Crippen molar-refractivity contribution in [2.45, 2.75) is 38.1 Å². The first kappa shape index (κ1) is 17.1. The van der Waals surface area contributed by atoms with Crippen LogP contribution in [-0.2, 0) is 4.74 Å². The molecule has 2 fully saturated rings. The van der Waals surface area contributed by atoms with E-state index in [0.29, 0.717) is 22.4 Å². The molecule has 4 rings (SSSR count). The number of nitrogens with zero attached hydrogens (tertiary/aromatic N) is 1. The standard InChI is InChI=1S/C20H24N2O4/c1-25-20(24)13-10-14(16-6-5-7-21-16)19-15(11-13)17(23)12-18(26-19)22-8-3-2-4-9-22/h10-12,16,21H,2-9H2,1H3. The molecule has 3 heterocycles. The minimum absolute atomic E-state index is 0.0851. The fourth-order valence-corrected chi connectivity index (χ4v) is 3.99. The SMILES string of the molecule is COC(=O)c1cc(C2CCCN2)c2oc(N3CCCCC3)cc(=O)c2c1. The fraction of sp³-hybridized carbons (Fsp3) is 0.500. The zero-order valence-corrected chi connectivity index (χ0v) is 15.0. The zero-order chi connectivity index (χ0) is 18.1. The third-order valence-electron chi connectivity index (χ3n) is 5.37. The summed E-state index contributed by atoms with van der Waals surface area (Å²) in [5.41, 5.74) is 1.74. The van der Waals surface area contributed by atoms with Gasteiger partial charge in [-0.25, -0.2) is 4.79 Å². The summed E-state index contributed by atoms with van der Waals surface area (Å²) in [7, 11) is 1.35. The lowest BCUT2D eigenvalue weighted by Gasteiger charge is -2.27. The van der Waals surface area contributed by atoms with Gasteiger partial charge in [0, 0.05) is 30.8 Å². The molecule has 6 heteroatoms. The summed E-state index contributed by atoms with van der Waals surface area (Å²) in [6.45, 7) is 2.74. The Morgan fingerprint density at radius 3 is 2.69 bits per heavy atom. The Hall–Kier alpha value is -2.34. The van der Waals surface area contributed by atoms with Gasteiger partial charge in [0.15, 0.2) is 11.3 Å². The van der Waals surface area contributed by atoms with Crippen molar-refractivity contribution < 1.29 is 13.9 Å². The average Bonchev–Trinajstić information content (AvgIpc) is 3.22. The number of carbonyl (C=O) groups excluding carboxylic acids is 1. The van der Waals surface area contributed by atoms with Gasteiger partial charge in [-0.3, -0.25) is 4.79 Å². The summed E-state index contributed by atoms with van der Waals surface area (Å²) < 4.78 is 11.1. The molecule has 0 aliphatic carbocycles. The number of fused-ring (bicyclic) bond motifs is 1. The molecule has 1 aromatic carbocycles. The van der Waals surface area contributed by atoms with E-state index < -0.39 is 5.97 Å². The second-order valence-corrected chi connectivity index (χ2v) is 7.08. The minimum Gasteiger partial charge on any atom is -0.465 e. The Balaban J connectivity index is 1.89. The number of methoxy groups -OCH3 is 1. The van der Waals surface area contributed by atoms with E-state index in [2.05, 4.69) is 10.2 Å². The van der Waals surface area contributed by atoms with E-state index in [1.807, 2.05) is 0 Å². The summed E-state index contributed by atoms with van der Waals surface area (Å²) in [4.78, 5) is 27.0. The molecule has 0 bridgehead atoms. The molecule has 1 aromatic heterocycles. The van der Waals surface area contributed by atoms with Crippen molar-refractivity contribution in [2.75, 3.05) is 31.6 Å². The molecule has 2 saturated heterocycles. The second kappa shape index (κ2) is 7.11. The molecule has 26 heavy (non-hydrogen) atoms. The Labute approximate surface area is 152 Å². The van der Waals surface area contributed by atoms with Gasteiger partial charge < -0.3 is 19.4 Å². The lowest BCUT2D eigenvalue weighted by atomic mass is 9.99. The van der Waals surface area contributed by atoms with Gasteiger partial charge >= 0.3 is 5.97 Å². The number of piperidine rings is 1. The van der Waals surface area contributed by atoms with Crippen molar-refractivity contribution in [3.8, 4) is 0 Å². The van der Waals surface area contributed by atoms with E-state index in [4.69, 9.17) is 9.15 Å². The predicted octanol–water partition coefficient (Wildman–Crippen LogP) is 2.99. The number of nitrogens with one attached hydrogen (secondary N) is 1. The zero-order valence-electron chi connectivity index (χ0n) is 15.0. The highest BCUT2D eigenvalue weighted by Gasteiger charge is 2.24. The van der Waals surface area contributed by atoms with Crippen molar-refractivity contribution in [1.29, 1.82) is 0 Å². The highest BCUT2D eigenvalue weighted by atomic mass is 16.5. The minimum atomic E-state index is -0.439. The maximum Gasteiger partial charge on any atom is 0.337 e. The molecule has 2 aliphatic heterocycles. The molecule has 1 N–H and O–H groups in total. The number of hydrogen-bond acceptors (Lipinski definition) is 6. The van der Waals surface area contributed by atoms with Crippen LogP contribution in [0, 0.1) is 0 Å². The normalized spacial score (nSPS) is 20.5. The van der Waals surface area contributed by atoms with E-state index >= 15 is 0 Å². The number of rotatable bonds is 3. The summed E-state index contributed by atoms with van der Waals surface area (Å²) >= 11 is 0. The monoisotopic (exact) mass is 356 g/mol. The van der Waals surface area contributed by atoms with E-state index in [1.54, 1.807) is 18.2 Å². The van der Waals surface area contributed by atoms with Gasteiger partial charge in [0.2, 0.25) is 0 Å². The van der Waals surface area contributed by atoms with E-state index in [9.17, 15) is 9.59 Å². The lowest BCUT2D eigenvalue weighted by Crippen LogP contribution is -2.30. The van der Waals surface area contributed by atoms with Crippen molar-refractivity contribution in [3.63, 3.8) is 0 Å². The van der Waals surface area contributed by atoms with E-state index in [1.165, 1.54) is 13.5 Å². The Morgan fingerprint density at radius 1 is 1.19 bits per heavy atom. The van der Waals surface area contributed by atoms with Crippen LogP contribution in [-0.4, -0.2) is 32.7 Å². The maximum absolute atomic E-state index is 12.8. The first-order chi connectivity index (χ1) is 12.7. The Kier molecular flexibility index (Phi) is 4.68. The molecule has 1 unspecified atom stereocenters. The van der Waals surface area contributed by atoms with Crippen molar-refractivity contribution in [1.82, 2.24) is 5.32 Å². The van der Waals surface area contributed by atoms with Gasteiger partial charge in [0.1, 0.15) is 5.58 Å². The quantitative estimate of drug-likeness (QED) is 0.853. The predicted molar refractivity (Wildman–Crippen MR) is 99.9 cm³/mol. The van der Waals surface area contributed by atoms with Crippen LogP contribution in [0.3, 0.4) is 0 Å². The molecule has 1 atom stereocenters. The number of esters is 1. The lowest BCUT2D eigenvalue weighted by molar-refractivity contribution is 0.0601. The topological polar surface area (TPSA) is 71.8 Å². The van der Waals surface area contributed by atoms with Gasteiger partial charge in [-0.1, -0.05) is 0 Å².